The third-order valence-corrected chi connectivity index (χ3v) is 3.81. The predicted molar refractivity (Wildman–Crippen MR) is 81.4 cm³/mol. The first-order chi connectivity index (χ1) is 8.85. The molecule has 0 saturated heterocycles. The number of rotatable bonds is 5. The number of hydrogen-bond donors (Lipinski definition) is 1. The Morgan fingerprint density at radius 1 is 1.42 bits per heavy atom. The summed E-state index contributed by atoms with van der Waals surface area (Å²) in [6.07, 6.45) is 3.29. The molecule has 0 aromatic carbocycles. The van der Waals surface area contributed by atoms with Crippen LogP contribution in [0.3, 0.4) is 0 Å². The van der Waals surface area contributed by atoms with Gasteiger partial charge in [0.15, 0.2) is 0 Å². The average molecular weight is 261 g/mol. The fourth-order valence-electron chi connectivity index (χ4n) is 2.25. The Labute approximate surface area is 117 Å². The molecule has 1 N–H and O–H groups in total. The normalized spacial score (nSPS) is 22.4. The zero-order valence-corrected chi connectivity index (χ0v) is 12.9. The van der Waals surface area contributed by atoms with E-state index in [1.807, 2.05) is 6.20 Å². The van der Waals surface area contributed by atoms with Gasteiger partial charge in [-0.2, -0.15) is 0 Å². The Hall–Kier alpha value is -1.09. The third kappa shape index (κ3) is 4.50. The van der Waals surface area contributed by atoms with Crippen molar-refractivity contribution >= 4 is 5.82 Å². The van der Waals surface area contributed by atoms with Crippen LogP contribution >= 0.6 is 0 Å². The molecule has 1 saturated carbocycles. The van der Waals surface area contributed by atoms with E-state index in [1.165, 1.54) is 12.0 Å². The topological polar surface area (TPSA) is 28.2 Å². The van der Waals surface area contributed by atoms with E-state index in [0.29, 0.717) is 0 Å². The first-order valence-corrected chi connectivity index (χ1v) is 7.26. The number of aromatic nitrogens is 1. The molecule has 1 heterocycles. The number of hydrogen-bond acceptors (Lipinski definition) is 3. The summed E-state index contributed by atoms with van der Waals surface area (Å²) in [4.78, 5) is 6.77. The van der Waals surface area contributed by atoms with Gasteiger partial charge in [-0.05, 0) is 56.7 Å². The molecule has 0 spiro atoms. The molecular formula is C16H27N3. The van der Waals surface area contributed by atoms with Gasteiger partial charge in [0.2, 0.25) is 0 Å². The van der Waals surface area contributed by atoms with Gasteiger partial charge in [0.05, 0.1) is 0 Å². The molecule has 3 nitrogen and oxygen atoms in total. The van der Waals surface area contributed by atoms with Crippen LogP contribution in [0.2, 0.25) is 0 Å². The minimum absolute atomic E-state index is 0.152. The lowest BCUT2D eigenvalue weighted by molar-refractivity contribution is 0.424. The smallest absolute Gasteiger partial charge is 0.128 e. The van der Waals surface area contributed by atoms with Crippen LogP contribution in [0.5, 0.6) is 0 Å². The molecule has 0 radical (unpaired) electrons. The second kappa shape index (κ2) is 5.49. The minimum Gasteiger partial charge on any atom is -0.359 e. The van der Waals surface area contributed by atoms with Crippen LogP contribution in [0.1, 0.15) is 39.7 Å². The van der Waals surface area contributed by atoms with E-state index >= 15 is 0 Å². The molecule has 1 aliphatic carbocycles. The van der Waals surface area contributed by atoms with Gasteiger partial charge < -0.3 is 10.2 Å². The molecule has 1 aromatic rings. The number of nitrogens with one attached hydrogen (secondary N) is 1. The number of pyridine rings is 1. The molecule has 3 heteroatoms. The zero-order valence-electron chi connectivity index (χ0n) is 12.9. The lowest BCUT2D eigenvalue weighted by atomic mass is 10.1. The van der Waals surface area contributed by atoms with E-state index in [2.05, 4.69) is 62.1 Å². The molecule has 106 valence electrons. The monoisotopic (exact) mass is 261 g/mol. The summed E-state index contributed by atoms with van der Waals surface area (Å²) < 4.78 is 0. The quantitative estimate of drug-likeness (QED) is 0.883. The summed E-state index contributed by atoms with van der Waals surface area (Å²) in [6, 6.07) is 4.29. The van der Waals surface area contributed by atoms with Crippen molar-refractivity contribution < 1.29 is 0 Å². The third-order valence-electron chi connectivity index (χ3n) is 3.81. The summed E-state index contributed by atoms with van der Waals surface area (Å²) in [5, 5.41) is 3.52. The fourth-order valence-corrected chi connectivity index (χ4v) is 2.25. The van der Waals surface area contributed by atoms with Crippen molar-refractivity contribution in [3.8, 4) is 0 Å². The predicted octanol–water partition coefficient (Wildman–Crippen LogP) is 3.06. The van der Waals surface area contributed by atoms with Gasteiger partial charge in [-0.25, -0.2) is 4.98 Å². The molecule has 1 fully saturated rings. The SMILES string of the molecule is CC1CC1CN(C)c1cc(CNC(C)(C)C)ccn1. The van der Waals surface area contributed by atoms with Crippen molar-refractivity contribution in [2.24, 2.45) is 11.8 Å². The fraction of sp³-hybridized carbons (Fsp3) is 0.688. The van der Waals surface area contributed by atoms with E-state index in [9.17, 15) is 0 Å². The molecule has 0 amide bonds. The van der Waals surface area contributed by atoms with Crippen LogP contribution in [0.25, 0.3) is 0 Å². The largest absolute Gasteiger partial charge is 0.359 e. The molecule has 19 heavy (non-hydrogen) atoms. The molecule has 0 bridgehead atoms. The lowest BCUT2D eigenvalue weighted by Crippen LogP contribution is -2.35. The maximum Gasteiger partial charge on any atom is 0.128 e. The van der Waals surface area contributed by atoms with Crippen molar-refractivity contribution in [1.82, 2.24) is 10.3 Å². The Balaban J connectivity index is 1.94. The van der Waals surface area contributed by atoms with Crippen LogP contribution < -0.4 is 10.2 Å². The molecule has 2 unspecified atom stereocenters. The first-order valence-electron chi connectivity index (χ1n) is 7.26. The van der Waals surface area contributed by atoms with Crippen LogP contribution in [0.15, 0.2) is 18.3 Å². The van der Waals surface area contributed by atoms with Crippen molar-refractivity contribution in [2.75, 3.05) is 18.5 Å². The highest BCUT2D eigenvalue weighted by molar-refractivity contribution is 5.40. The number of nitrogens with zero attached hydrogens (tertiary/aromatic N) is 2. The minimum atomic E-state index is 0.152. The second-order valence-electron chi connectivity index (χ2n) is 6.98. The van der Waals surface area contributed by atoms with Crippen LogP contribution in [-0.4, -0.2) is 24.1 Å². The molecule has 1 aliphatic rings. The summed E-state index contributed by atoms with van der Waals surface area (Å²) in [5.74, 6) is 2.85. The van der Waals surface area contributed by atoms with Gasteiger partial charge in [-0.15, -0.1) is 0 Å². The van der Waals surface area contributed by atoms with E-state index in [0.717, 1.165) is 30.7 Å². The highest BCUT2D eigenvalue weighted by Crippen LogP contribution is 2.38. The maximum absolute atomic E-state index is 4.49. The van der Waals surface area contributed by atoms with Crippen LogP contribution in [-0.2, 0) is 6.54 Å². The van der Waals surface area contributed by atoms with Crippen molar-refractivity contribution in [1.29, 1.82) is 0 Å². The van der Waals surface area contributed by atoms with Crippen molar-refractivity contribution in [3.63, 3.8) is 0 Å². The summed E-state index contributed by atoms with van der Waals surface area (Å²) in [5.41, 5.74) is 1.45. The number of anilines is 1. The van der Waals surface area contributed by atoms with E-state index in [4.69, 9.17) is 0 Å². The standard InChI is InChI=1S/C16H27N3/c1-12-8-14(12)11-19(5)15-9-13(6-7-17-15)10-18-16(2,3)4/h6-7,9,12,14,18H,8,10-11H2,1-5H3. The summed E-state index contributed by atoms with van der Waals surface area (Å²) in [7, 11) is 2.15. The summed E-state index contributed by atoms with van der Waals surface area (Å²) >= 11 is 0. The van der Waals surface area contributed by atoms with Gasteiger partial charge in [-0.3, -0.25) is 0 Å². The molecule has 2 rings (SSSR count). The van der Waals surface area contributed by atoms with Gasteiger partial charge in [0.1, 0.15) is 5.82 Å². The van der Waals surface area contributed by atoms with E-state index in [1.54, 1.807) is 0 Å². The first kappa shape index (κ1) is 14.3. The van der Waals surface area contributed by atoms with Crippen LogP contribution in [0, 0.1) is 11.8 Å². The average Bonchev–Trinajstić information content (AvgIpc) is 3.02. The second-order valence-corrected chi connectivity index (χ2v) is 6.98. The van der Waals surface area contributed by atoms with Gasteiger partial charge in [0, 0.05) is 31.9 Å². The zero-order chi connectivity index (χ0) is 14.0. The molecule has 0 aliphatic heterocycles. The summed E-state index contributed by atoms with van der Waals surface area (Å²) in [6.45, 7) is 10.9. The molecule has 1 aromatic heterocycles. The van der Waals surface area contributed by atoms with E-state index in [-0.39, 0.29) is 5.54 Å². The van der Waals surface area contributed by atoms with Crippen molar-refractivity contribution in [3.05, 3.63) is 23.9 Å². The van der Waals surface area contributed by atoms with E-state index < -0.39 is 0 Å². The lowest BCUT2D eigenvalue weighted by Gasteiger charge is -2.22. The Morgan fingerprint density at radius 2 is 2.11 bits per heavy atom. The van der Waals surface area contributed by atoms with Crippen molar-refractivity contribution in [2.45, 2.75) is 46.2 Å². The van der Waals surface area contributed by atoms with Gasteiger partial charge in [0.25, 0.3) is 0 Å². The molecule has 2 atom stereocenters. The van der Waals surface area contributed by atoms with Gasteiger partial charge in [-0.1, -0.05) is 6.92 Å². The highest BCUT2D eigenvalue weighted by Gasteiger charge is 2.33. The Kier molecular flexibility index (Phi) is 4.14. The Morgan fingerprint density at radius 3 is 2.68 bits per heavy atom. The Bertz CT molecular complexity index is 422. The van der Waals surface area contributed by atoms with Gasteiger partial charge >= 0.3 is 0 Å². The molecular weight excluding hydrogens is 234 g/mol. The maximum atomic E-state index is 4.49. The van der Waals surface area contributed by atoms with Crippen LogP contribution in [0.4, 0.5) is 5.82 Å². The highest BCUT2D eigenvalue weighted by atomic mass is 15.2.